The third-order valence-corrected chi connectivity index (χ3v) is 3.10. The fraction of sp³-hybridized carbons (Fsp3) is 0.250. The molecule has 0 aromatic heterocycles. The molecule has 2 heteroatoms. The van der Waals surface area contributed by atoms with Crippen LogP contribution in [0.4, 0.5) is 11.4 Å². The summed E-state index contributed by atoms with van der Waals surface area (Å²) in [5, 5.41) is 3.47. The summed E-state index contributed by atoms with van der Waals surface area (Å²) in [5.74, 6) is 0. The molecule has 18 heavy (non-hydrogen) atoms. The minimum Gasteiger partial charge on any atom is -0.383 e. The van der Waals surface area contributed by atoms with Crippen LogP contribution >= 0.6 is 0 Å². The van der Waals surface area contributed by atoms with Crippen molar-refractivity contribution in [2.45, 2.75) is 6.92 Å². The molecule has 0 saturated heterocycles. The molecule has 0 fully saturated rings. The molecule has 2 aromatic rings. The molecule has 94 valence electrons. The van der Waals surface area contributed by atoms with E-state index < -0.39 is 0 Å². The first-order chi connectivity index (χ1) is 8.77. The zero-order valence-electron chi connectivity index (χ0n) is 11.1. The lowest BCUT2D eigenvalue weighted by molar-refractivity contribution is 0.914. The van der Waals surface area contributed by atoms with Crippen LogP contribution in [0.2, 0.25) is 0 Å². The summed E-state index contributed by atoms with van der Waals surface area (Å²) >= 11 is 0. The van der Waals surface area contributed by atoms with Crippen LogP contribution in [0.15, 0.2) is 54.6 Å². The second-order valence-corrected chi connectivity index (χ2v) is 4.50. The monoisotopic (exact) mass is 240 g/mol. The summed E-state index contributed by atoms with van der Waals surface area (Å²) in [5.41, 5.74) is 3.77. The summed E-state index contributed by atoms with van der Waals surface area (Å²) < 4.78 is 0. The number of aryl methyl sites for hydroxylation is 1. The summed E-state index contributed by atoms with van der Waals surface area (Å²) in [6, 6.07) is 18.8. The molecular weight excluding hydrogens is 220 g/mol. The summed E-state index contributed by atoms with van der Waals surface area (Å²) in [4.78, 5) is 2.26. The Hall–Kier alpha value is -1.96. The Bertz CT molecular complexity index is 479. The van der Waals surface area contributed by atoms with Gasteiger partial charge in [-0.3, -0.25) is 0 Å². The van der Waals surface area contributed by atoms with Gasteiger partial charge in [0.1, 0.15) is 0 Å². The van der Waals surface area contributed by atoms with Crippen LogP contribution in [-0.4, -0.2) is 20.1 Å². The first kappa shape index (κ1) is 12.5. The van der Waals surface area contributed by atoms with Gasteiger partial charge in [-0.2, -0.15) is 0 Å². The van der Waals surface area contributed by atoms with Crippen molar-refractivity contribution in [2.75, 3.05) is 30.4 Å². The predicted octanol–water partition coefficient (Wildman–Crippen LogP) is 3.54. The van der Waals surface area contributed by atoms with Gasteiger partial charge in [0.25, 0.3) is 0 Å². The number of anilines is 2. The van der Waals surface area contributed by atoms with Crippen molar-refractivity contribution in [1.82, 2.24) is 0 Å². The SMILES string of the molecule is Cc1ccccc1NCCN(C)c1ccccc1. The third-order valence-electron chi connectivity index (χ3n) is 3.10. The van der Waals surface area contributed by atoms with Crippen molar-refractivity contribution in [3.8, 4) is 0 Å². The number of hydrogen-bond acceptors (Lipinski definition) is 2. The van der Waals surface area contributed by atoms with Gasteiger partial charge in [-0.1, -0.05) is 36.4 Å². The molecule has 2 aromatic carbocycles. The Morgan fingerprint density at radius 2 is 1.61 bits per heavy atom. The van der Waals surface area contributed by atoms with Crippen LogP contribution in [0.3, 0.4) is 0 Å². The van der Waals surface area contributed by atoms with Gasteiger partial charge in [-0.25, -0.2) is 0 Å². The highest BCUT2D eigenvalue weighted by Crippen LogP contribution is 2.13. The van der Waals surface area contributed by atoms with E-state index in [1.807, 2.05) is 6.07 Å². The number of benzene rings is 2. The molecule has 0 unspecified atom stereocenters. The van der Waals surface area contributed by atoms with E-state index >= 15 is 0 Å². The summed E-state index contributed by atoms with van der Waals surface area (Å²) in [6.45, 7) is 4.05. The first-order valence-electron chi connectivity index (χ1n) is 6.33. The lowest BCUT2D eigenvalue weighted by Crippen LogP contribution is -2.24. The van der Waals surface area contributed by atoms with E-state index in [1.54, 1.807) is 0 Å². The normalized spacial score (nSPS) is 10.1. The number of hydrogen-bond donors (Lipinski definition) is 1. The number of para-hydroxylation sites is 2. The van der Waals surface area contributed by atoms with Crippen molar-refractivity contribution in [3.63, 3.8) is 0 Å². The molecule has 0 radical (unpaired) electrons. The minimum absolute atomic E-state index is 0.941. The predicted molar refractivity (Wildman–Crippen MR) is 79.4 cm³/mol. The molecule has 1 N–H and O–H groups in total. The lowest BCUT2D eigenvalue weighted by atomic mass is 10.2. The van der Waals surface area contributed by atoms with Crippen molar-refractivity contribution in [2.24, 2.45) is 0 Å². The smallest absolute Gasteiger partial charge is 0.0370 e. The van der Waals surface area contributed by atoms with Crippen LogP contribution < -0.4 is 10.2 Å². The molecule has 0 spiro atoms. The van der Waals surface area contributed by atoms with Crippen LogP contribution in [0.5, 0.6) is 0 Å². The highest BCUT2D eigenvalue weighted by Gasteiger charge is 2.00. The zero-order valence-corrected chi connectivity index (χ0v) is 11.1. The number of nitrogens with one attached hydrogen (secondary N) is 1. The van der Waals surface area contributed by atoms with Gasteiger partial charge < -0.3 is 10.2 Å². The fourth-order valence-electron chi connectivity index (χ4n) is 1.94. The Morgan fingerprint density at radius 3 is 2.33 bits per heavy atom. The summed E-state index contributed by atoms with van der Waals surface area (Å²) in [6.07, 6.45) is 0. The molecule has 0 bridgehead atoms. The molecule has 0 aliphatic carbocycles. The molecule has 0 atom stereocenters. The molecule has 0 amide bonds. The van der Waals surface area contributed by atoms with Crippen molar-refractivity contribution < 1.29 is 0 Å². The molecule has 0 aliphatic heterocycles. The molecular formula is C16H20N2. The highest BCUT2D eigenvalue weighted by atomic mass is 15.1. The van der Waals surface area contributed by atoms with Crippen molar-refractivity contribution >= 4 is 11.4 Å². The molecule has 2 rings (SSSR count). The van der Waals surface area contributed by atoms with E-state index in [0.29, 0.717) is 0 Å². The lowest BCUT2D eigenvalue weighted by Gasteiger charge is -2.20. The number of rotatable bonds is 5. The van der Waals surface area contributed by atoms with Gasteiger partial charge in [0.15, 0.2) is 0 Å². The maximum atomic E-state index is 3.47. The maximum Gasteiger partial charge on any atom is 0.0370 e. The van der Waals surface area contributed by atoms with Gasteiger partial charge in [0.05, 0.1) is 0 Å². The van der Waals surface area contributed by atoms with Crippen LogP contribution in [0.1, 0.15) is 5.56 Å². The van der Waals surface area contributed by atoms with E-state index in [2.05, 4.69) is 72.7 Å². The molecule has 0 aliphatic rings. The molecule has 0 saturated carbocycles. The van der Waals surface area contributed by atoms with E-state index in [9.17, 15) is 0 Å². The van der Waals surface area contributed by atoms with Gasteiger partial charge in [-0.05, 0) is 30.7 Å². The Kier molecular flexibility index (Phi) is 4.24. The number of likely N-dealkylation sites (N-methyl/N-ethyl adjacent to an activating group) is 1. The van der Waals surface area contributed by atoms with Crippen molar-refractivity contribution in [3.05, 3.63) is 60.2 Å². The fourth-order valence-corrected chi connectivity index (χ4v) is 1.94. The quantitative estimate of drug-likeness (QED) is 0.860. The van der Waals surface area contributed by atoms with Crippen LogP contribution in [0, 0.1) is 6.92 Å². The largest absolute Gasteiger partial charge is 0.383 e. The van der Waals surface area contributed by atoms with E-state index in [-0.39, 0.29) is 0 Å². The van der Waals surface area contributed by atoms with Gasteiger partial charge in [-0.15, -0.1) is 0 Å². The first-order valence-corrected chi connectivity index (χ1v) is 6.33. The van der Waals surface area contributed by atoms with Crippen molar-refractivity contribution in [1.29, 1.82) is 0 Å². The zero-order chi connectivity index (χ0) is 12.8. The van der Waals surface area contributed by atoms with Crippen LogP contribution in [-0.2, 0) is 0 Å². The molecule has 0 heterocycles. The second kappa shape index (κ2) is 6.10. The number of nitrogens with zero attached hydrogens (tertiary/aromatic N) is 1. The Balaban J connectivity index is 1.84. The van der Waals surface area contributed by atoms with E-state index in [1.165, 1.54) is 16.9 Å². The van der Waals surface area contributed by atoms with Gasteiger partial charge >= 0.3 is 0 Å². The highest BCUT2D eigenvalue weighted by molar-refractivity contribution is 5.51. The minimum atomic E-state index is 0.941. The second-order valence-electron chi connectivity index (χ2n) is 4.50. The Morgan fingerprint density at radius 1 is 0.944 bits per heavy atom. The van der Waals surface area contributed by atoms with E-state index in [4.69, 9.17) is 0 Å². The topological polar surface area (TPSA) is 15.3 Å². The maximum absolute atomic E-state index is 3.47. The molecule has 2 nitrogen and oxygen atoms in total. The standard InChI is InChI=1S/C16H20N2/c1-14-8-6-7-11-16(14)17-12-13-18(2)15-9-4-3-5-10-15/h3-11,17H,12-13H2,1-2H3. The Labute approximate surface area is 109 Å². The van der Waals surface area contributed by atoms with Gasteiger partial charge in [0.2, 0.25) is 0 Å². The average molecular weight is 240 g/mol. The summed E-state index contributed by atoms with van der Waals surface area (Å²) in [7, 11) is 2.12. The third kappa shape index (κ3) is 3.27. The van der Waals surface area contributed by atoms with Crippen LogP contribution in [0.25, 0.3) is 0 Å². The average Bonchev–Trinajstić information content (AvgIpc) is 2.42. The van der Waals surface area contributed by atoms with E-state index in [0.717, 1.165) is 13.1 Å². The van der Waals surface area contributed by atoms with Gasteiger partial charge in [0, 0.05) is 31.5 Å².